The summed E-state index contributed by atoms with van der Waals surface area (Å²) < 4.78 is 25.7. The normalized spacial score (nSPS) is 40.2. The second-order valence-corrected chi connectivity index (χ2v) is 16.9. The Balaban J connectivity index is 2.67. The van der Waals surface area contributed by atoms with Crippen LogP contribution in [0.3, 0.4) is 0 Å². The Kier molecular flexibility index (Phi) is 17.4. The monoisotopic (exact) mass is 731 g/mol. The largest absolute Gasteiger partial charge is 0.459 e. The maximum Gasteiger partial charge on any atom is 0.316 e. The molecule has 51 heavy (non-hydrogen) atoms. The van der Waals surface area contributed by atoms with Crippen LogP contribution < -0.4 is 11.1 Å². The molecule has 0 aromatic rings. The Bertz CT molecular complexity index is 1090. The van der Waals surface area contributed by atoms with Gasteiger partial charge >= 0.3 is 5.97 Å². The summed E-state index contributed by atoms with van der Waals surface area (Å²) in [5.74, 6) is -3.37. The van der Waals surface area contributed by atoms with E-state index < -0.39 is 71.5 Å². The summed E-state index contributed by atoms with van der Waals surface area (Å²) in [6.07, 6.45) is -3.53. The van der Waals surface area contributed by atoms with E-state index in [2.05, 4.69) is 37.9 Å². The molecule has 2 aliphatic rings. The number of likely N-dealkylation sites (N-methyl/N-ethyl adjacent to an activating group) is 2. The van der Waals surface area contributed by atoms with Gasteiger partial charge in [0, 0.05) is 36.6 Å². The highest BCUT2D eigenvalue weighted by atomic mass is 16.7. The van der Waals surface area contributed by atoms with Crippen molar-refractivity contribution >= 4 is 11.8 Å². The van der Waals surface area contributed by atoms with Gasteiger partial charge in [-0.05, 0) is 114 Å². The fraction of sp³-hybridized carbons (Fsp3) is 0.947. The third kappa shape index (κ3) is 11.9. The smallest absolute Gasteiger partial charge is 0.316 e. The van der Waals surface area contributed by atoms with Gasteiger partial charge < -0.3 is 50.2 Å². The van der Waals surface area contributed by atoms with Crippen molar-refractivity contribution in [1.29, 1.82) is 0 Å². The summed E-state index contributed by atoms with van der Waals surface area (Å²) in [6.45, 7) is 23.1. The number of esters is 1. The molecule has 2 saturated heterocycles. The molecule has 0 aliphatic carbocycles. The summed E-state index contributed by atoms with van der Waals surface area (Å²) in [7, 11) is 3.86. The van der Waals surface area contributed by atoms with Crippen molar-refractivity contribution in [3.05, 3.63) is 0 Å². The van der Waals surface area contributed by atoms with Gasteiger partial charge in [0.15, 0.2) is 12.1 Å². The standard InChI is InChI=1S/C38H74N4O9/c1-14-29-38(11,47)32(45)27(6)41(12)22-23(2)21-37(10,48-19-18-40-17-15-16-39)33(25(4)30(43)26(5)34(46)50-29)51-35-31(44)28(20-24(3)49-35)42(13)36(7,8)9/h23-29,31-33,35,40,44-45,47H,14-22,39H2,1-13H3/t23-,24-,25+,26-,27-,28+,29-,31-,32-,33-,35+,37-,38-/m1/s1. The number of hydrogen-bond donors (Lipinski definition) is 5. The quantitative estimate of drug-likeness (QED) is 0.119. The Labute approximate surface area is 308 Å². The number of ketones is 1. The summed E-state index contributed by atoms with van der Waals surface area (Å²) >= 11 is 0. The first-order valence-corrected chi connectivity index (χ1v) is 19.1. The van der Waals surface area contributed by atoms with Crippen LogP contribution >= 0.6 is 0 Å². The van der Waals surface area contributed by atoms with E-state index in [4.69, 9.17) is 24.7 Å². The predicted octanol–water partition coefficient (Wildman–Crippen LogP) is 2.32. The molecule has 13 nitrogen and oxygen atoms in total. The fourth-order valence-electron chi connectivity index (χ4n) is 7.78. The van der Waals surface area contributed by atoms with Crippen LogP contribution in [0.1, 0.15) is 102 Å². The minimum absolute atomic E-state index is 0.0449. The van der Waals surface area contributed by atoms with Crippen molar-refractivity contribution in [3.8, 4) is 0 Å². The van der Waals surface area contributed by atoms with Crippen LogP contribution in [0.4, 0.5) is 0 Å². The SMILES string of the molecule is CC[C@H]1OC(=O)[C@H](C)C(=O)[C@H](C)[C@@H](O[C@@H]2O[C@H](C)C[C@H](N(C)C(C)(C)C)[C@H]2O)[C@](C)(OCCNCCCN)C[C@@H](C)CN(C)[C@H](C)[C@@H](O)[C@]1(C)O. The van der Waals surface area contributed by atoms with Gasteiger partial charge in [0.05, 0.1) is 24.4 Å². The zero-order valence-corrected chi connectivity index (χ0v) is 34.0. The van der Waals surface area contributed by atoms with E-state index in [1.54, 1.807) is 13.8 Å². The highest BCUT2D eigenvalue weighted by molar-refractivity contribution is 6.00. The van der Waals surface area contributed by atoms with E-state index in [1.165, 1.54) is 13.8 Å². The molecule has 2 rings (SSSR count). The number of aliphatic hydroxyl groups excluding tert-OH is 2. The lowest BCUT2D eigenvalue weighted by Crippen LogP contribution is -2.62. The molecule has 0 bridgehead atoms. The van der Waals surface area contributed by atoms with E-state index in [9.17, 15) is 24.9 Å². The minimum Gasteiger partial charge on any atom is -0.459 e. The Morgan fingerprint density at radius 3 is 2.29 bits per heavy atom. The van der Waals surface area contributed by atoms with Crippen LogP contribution in [0.5, 0.6) is 0 Å². The maximum atomic E-state index is 14.3. The van der Waals surface area contributed by atoms with Gasteiger partial charge in [0.1, 0.15) is 29.8 Å². The molecule has 2 aliphatic heterocycles. The Morgan fingerprint density at radius 1 is 1.10 bits per heavy atom. The number of ether oxygens (including phenoxy) is 4. The molecule has 0 aromatic carbocycles. The molecular weight excluding hydrogens is 656 g/mol. The van der Waals surface area contributed by atoms with E-state index in [0.717, 1.165) is 13.0 Å². The third-order valence-corrected chi connectivity index (χ3v) is 11.4. The second kappa shape index (κ2) is 19.4. The molecule has 0 amide bonds. The second-order valence-electron chi connectivity index (χ2n) is 16.9. The van der Waals surface area contributed by atoms with Crippen LogP contribution in [0.15, 0.2) is 0 Å². The lowest BCUT2D eigenvalue weighted by Gasteiger charge is -2.49. The molecule has 2 heterocycles. The molecule has 2 fully saturated rings. The molecule has 300 valence electrons. The molecule has 0 radical (unpaired) electrons. The fourth-order valence-corrected chi connectivity index (χ4v) is 7.78. The zero-order valence-electron chi connectivity index (χ0n) is 34.0. The van der Waals surface area contributed by atoms with E-state index in [1.807, 2.05) is 39.8 Å². The van der Waals surface area contributed by atoms with Crippen molar-refractivity contribution < 1.29 is 43.9 Å². The lowest BCUT2D eigenvalue weighted by molar-refractivity contribution is -0.300. The molecule has 0 spiro atoms. The van der Waals surface area contributed by atoms with Crippen LogP contribution in [0.25, 0.3) is 0 Å². The zero-order chi connectivity index (χ0) is 39.1. The molecular formula is C38H74N4O9. The van der Waals surface area contributed by atoms with Gasteiger partial charge in [-0.15, -0.1) is 0 Å². The van der Waals surface area contributed by atoms with Crippen molar-refractivity contribution in [3.63, 3.8) is 0 Å². The van der Waals surface area contributed by atoms with Crippen LogP contribution in [-0.4, -0.2) is 149 Å². The van der Waals surface area contributed by atoms with Crippen LogP contribution in [0.2, 0.25) is 0 Å². The van der Waals surface area contributed by atoms with Crippen molar-refractivity contribution in [2.75, 3.05) is 46.9 Å². The maximum absolute atomic E-state index is 14.3. The minimum atomic E-state index is -1.78. The third-order valence-electron chi connectivity index (χ3n) is 11.4. The number of hydrogen-bond acceptors (Lipinski definition) is 13. The number of carbonyl (C=O) groups is 2. The number of nitrogens with one attached hydrogen (secondary N) is 1. The number of Topliss-reactive ketones (excluding diaryl/α,β-unsaturated/α-hetero) is 1. The Morgan fingerprint density at radius 2 is 1.73 bits per heavy atom. The number of nitrogens with zero attached hydrogens (tertiary/aromatic N) is 2. The topological polar surface area (TPSA) is 176 Å². The number of carbonyl (C=O) groups excluding carboxylic acids is 2. The molecule has 13 heteroatoms. The first-order chi connectivity index (χ1) is 23.5. The van der Waals surface area contributed by atoms with Gasteiger partial charge in [-0.3, -0.25) is 14.5 Å². The summed E-state index contributed by atoms with van der Waals surface area (Å²) in [5, 5.41) is 38.1. The number of cyclic esters (lactones) is 1. The highest BCUT2D eigenvalue weighted by Gasteiger charge is 2.51. The summed E-state index contributed by atoms with van der Waals surface area (Å²) in [6, 6.07) is -0.785. The van der Waals surface area contributed by atoms with Gasteiger partial charge in [-0.1, -0.05) is 20.8 Å². The molecule has 0 aromatic heterocycles. The van der Waals surface area contributed by atoms with E-state index in [-0.39, 0.29) is 30.0 Å². The van der Waals surface area contributed by atoms with Crippen LogP contribution in [-0.2, 0) is 28.5 Å². The number of nitrogens with two attached hydrogens (primary N) is 1. The van der Waals surface area contributed by atoms with E-state index >= 15 is 0 Å². The average molecular weight is 731 g/mol. The first-order valence-electron chi connectivity index (χ1n) is 19.1. The first kappa shape index (κ1) is 45.9. The number of aliphatic hydroxyl groups is 3. The number of rotatable bonds is 11. The molecule has 13 atom stereocenters. The van der Waals surface area contributed by atoms with E-state index in [0.29, 0.717) is 39.1 Å². The predicted molar refractivity (Wildman–Crippen MR) is 198 cm³/mol. The van der Waals surface area contributed by atoms with Gasteiger partial charge in [0.2, 0.25) is 0 Å². The molecule has 0 unspecified atom stereocenters. The molecule has 0 saturated carbocycles. The van der Waals surface area contributed by atoms with Crippen LogP contribution in [0, 0.1) is 17.8 Å². The van der Waals surface area contributed by atoms with Crippen molar-refractivity contribution in [2.24, 2.45) is 23.5 Å². The highest BCUT2D eigenvalue weighted by Crippen LogP contribution is 2.38. The van der Waals surface area contributed by atoms with Gasteiger partial charge in [-0.2, -0.15) is 0 Å². The Hall–Kier alpha value is -1.26. The summed E-state index contributed by atoms with van der Waals surface area (Å²) in [4.78, 5) is 32.1. The van der Waals surface area contributed by atoms with Gasteiger partial charge in [-0.25, -0.2) is 0 Å². The average Bonchev–Trinajstić information content (AvgIpc) is 3.05. The summed E-state index contributed by atoms with van der Waals surface area (Å²) in [5.41, 5.74) is 2.57. The van der Waals surface area contributed by atoms with Crippen molar-refractivity contribution in [2.45, 2.75) is 167 Å². The lowest BCUT2D eigenvalue weighted by atomic mass is 9.78. The van der Waals surface area contributed by atoms with Gasteiger partial charge in [0.25, 0.3) is 0 Å². The van der Waals surface area contributed by atoms with Crippen molar-refractivity contribution in [1.82, 2.24) is 15.1 Å². The molecule has 6 N–H and O–H groups in total.